The average Bonchev–Trinajstić information content (AvgIpc) is 2.77. The van der Waals surface area contributed by atoms with Crippen LogP contribution in [0.5, 0.6) is 0 Å². The molecule has 2 fully saturated rings. The van der Waals surface area contributed by atoms with Crippen LogP contribution in [-0.4, -0.2) is 37.0 Å². The second-order valence-corrected chi connectivity index (χ2v) is 6.53. The monoisotopic (exact) mass is 340 g/mol. The summed E-state index contributed by atoms with van der Waals surface area (Å²) in [6.07, 6.45) is 2.12. The molecule has 0 aliphatic carbocycles. The first-order valence-corrected chi connectivity index (χ1v) is 7.89. The Morgan fingerprint density at radius 3 is 2.50 bits per heavy atom. The van der Waals surface area contributed by atoms with Gasteiger partial charge in [-0.05, 0) is 71.9 Å². The molecule has 0 unspecified atom stereocenters. The predicted molar refractivity (Wildman–Crippen MR) is 79.1 cm³/mol. The van der Waals surface area contributed by atoms with E-state index in [2.05, 4.69) is 21.2 Å². The van der Waals surface area contributed by atoms with Crippen molar-refractivity contribution in [1.82, 2.24) is 10.2 Å². The molecule has 3 nitrogen and oxygen atoms in total. The lowest BCUT2D eigenvalue weighted by Gasteiger charge is -2.21. The lowest BCUT2D eigenvalue weighted by atomic mass is 9.92. The Morgan fingerprint density at radius 1 is 1.25 bits per heavy atom. The number of hydrogen-bond donors (Lipinski definition) is 1. The van der Waals surface area contributed by atoms with E-state index in [1.807, 2.05) is 4.90 Å². The Hall–Kier alpha value is -0.940. The molecule has 0 aromatic heterocycles. The van der Waals surface area contributed by atoms with Crippen molar-refractivity contribution < 1.29 is 9.18 Å². The maximum absolute atomic E-state index is 13.1. The number of nitrogens with zero attached hydrogens (tertiary/aromatic N) is 1. The van der Waals surface area contributed by atoms with Gasteiger partial charge in [-0.15, -0.1) is 0 Å². The molecule has 1 amide bonds. The molecule has 0 spiro atoms. The van der Waals surface area contributed by atoms with Gasteiger partial charge in [0.25, 0.3) is 5.91 Å². The molecule has 20 heavy (non-hydrogen) atoms. The highest BCUT2D eigenvalue weighted by atomic mass is 79.9. The molecule has 2 aliphatic heterocycles. The fourth-order valence-corrected chi connectivity index (χ4v) is 3.77. The normalized spacial score (nSPS) is 26.2. The van der Waals surface area contributed by atoms with Crippen molar-refractivity contribution in [2.45, 2.75) is 12.8 Å². The van der Waals surface area contributed by atoms with E-state index >= 15 is 0 Å². The maximum Gasteiger partial charge on any atom is 0.255 e. The number of fused-ring (bicyclic) bond motifs is 1. The number of benzene rings is 1. The van der Waals surface area contributed by atoms with Gasteiger partial charge >= 0.3 is 0 Å². The zero-order valence-corrected chi connectivity index (χ0v) is 12.8. The molecule has 0 bridgehead atoms. The third-order valence-corrected chi connectivity index (χ3v) is 5.12. The molecule has 1 aromatic carbocycles. The molecule has 5 heteroatoms. The summed E-state index contributed by atoms with van der Waals surface area (Å²) in [6, 6.07) is 4.26. The average molecular weight is 341 g/mol. The van der Waals surface area contributed by atoms with Gasteiger partial charge in [0.15, 0.2) is 0 Å². The summed E-state index contributed by atoms with van der Waals surface area (Å²) in [4.78, 5) is 14.5. The molecule has 2 heterocycles. The molecule has 3 rings (SSSR count). The van der Waals surface area contributed by atoms with Crippen molar-refractivity contribution in [3.05, 3.63) is 34.1 Å². The number of rotatable bonds is 1. The van der Waals surface area contributed by atoms with Crippen LogP contribution in [0.25, 0.3) is 0 Å². The summed E-state index contributed by atoms with van der Waals surface area (Å²) in [6.45, 7) is 3.75. The van der Waals surface area contributed by atoms with E-state index in [0.29, 0.717) is 21.9 Å². The topological polar surface area (TPSA) is 32.3 Å². The van der Waals surface area contributed by atoms with Crippen LogP contribution in [0.15, 0.2) is 22.7 Å². The molecule has 1 aromatic rings. The van der Waals surface area contributed by atoms with E-state index in [-0.39, 0.29) is 11.7 Å². The van der Waals surface area contributed by atoms with Gasteiger partial charge in [-0.25, -0.2) is 4.39 Å². The zero-order chi connectivity index (χ0) is 14.1. The first-order valence-electron chi connectivity index (χ1n) is 7.10. The Kier molecular flexibility index (Phi) is 4.08. The third-order valence-electron chi connectivity index (χ3n) is 4.47. The van der Waals surface area contributed by atoms with E-state index in [1.165, 1.54) is 12.1 Å². The quantitative estimate of drug-likeness (QED) is 0.852. The lowest BCUT2D eigenvalue weighted by Crippen LogP contribution is -2.33. The Bertz CT molecular complexity index is 509. The van der Waals surface area contributed by atoms with Crippen molar-refractivity contribution in [3.63, 3.8) is 0 Å². The van der Waals surface area contributed by atoms with Crippen LogP contribution in [0, 0.1) is 17.7 Å². The molecule has 0 radical (unpaired) electrons. The number of hydrogen-bond acceptors (Lipinski definition) is 2. The van der Waals surface area contributed by atoms with E-state index in [4.69, 9.17) is 0 Å². The van der Waals surface area contributed by atoms with Crippen LogP contribution >= 0.6 is 15.9 Å². The number of nitrogens with one attached hydrogen (secondary N) is 1. The second kappa shape index (κ2) is 5.82. The summed E-state index contributed by atoms with van der Waals surface area (Å²) in [5, 5.41) is 3.43. The summed E-state index contributed by atoms with van der Waals surface area (Å²) >= 11 is 3.28. The van der Waals surface area contributed by atoms with E-state index in [1.54, 1.807) is 6.07 Å². The summed E-state index contributed by atoms with van der Waals surface area (Å²) in [7, 11) is 0. The minimum atomic E-state index is -0.329. The minimum Gasteiger partial charge on any atom is -0.339 e. The van der Waals surface area contributed by atoms with Crippen LogP contribution in [-0.2, 0) is 0 Å². The molecule has 2 aliphatic rings. The molecule has 108 valence electrons. The fourth-order valence-electron chi connectivity index (χ4n) is 3.25. The number of carbonyl (C=O) groups excluding carboxylic acids is 1. The van der Waals surface area contributed by atoms with Crippen LogP contribution in [0.1, 0.15) is 23.2 Å². The van der Waals surface area contributed by atoms with Crippen molar-refractivity contribution >= 4 is 21.8 Å². The molecular weight excluding hydrogens is 323 g/mol. The predicted octanol–water partition coefficient (Wildman–Crippen LogP) is 2.66. The van der Waals surface area contributed by atoms with Gasteiger partial charge in [-0.2, -0.15) is 0 Å². The van der Waals surface area contributed by atoms with Crippen molar-refractivity contribution in [3.8, 4) is 0 Å². The Balaban J connectivity index is 1.74. The Labute approximate surface area is 126 Å². The lowest BCUT2D eigenvalue weighted by molar-refractivity contribution is 0.0757. The molecule has 1 N–H and O–H groups in total. The minimum absolute atomic E-state index is 0.00445. The smallest absolute Gasteiger partial charge is 0.255 e. The molecular formula is C15H18BrFN2O. The number of amides is 1. The fraction of sp³-hybridized carbons (Fsp3) is 0.533. The van der Waals surface area contributed by atoms with Gasteiger partial charge in [0.05, 0.1) is 5.56 Å². The van der Waals surface area contributed by atoms with E-state index in [0.717, 1.165) is 39.0 Å². The van der Waals surface area contributed by atoms with Crippen LogP contribution in [0.4, 0.5) is 4.39 Å². The van der Waals surface area contributed by atoms with Crippen LogP contribution in [0.3, 0.4) is 0 Å². The van der Waals surface area contributed by atoms with Crippen molar-refractivity contribution in [1.29, 1.82) is 0 Å². The van der Waals surface area contributed by atoms with E-state index < -0.39 is 0 Å². The van der Waals surface area contributed by atoms with Gasteiger partial charge in [0.2, 0.25) is 0 Å². The van der Waals surface area contributed by atoms with Crippen LogP contribution in [0.2, 0.25) is 0 Å². The molecule has 2 saturated heterocycles. The largest absolute Gasteiger partial charge is 0.339 e. The zero-order valence-electron chi connectivity index (χ0n) is 11.2. The highest BCUT2D eigenvalue weighted by Gasteiger charge is 2.31. The molecule has 0 saturated carbocycles. The number of likely N-dealkylation sites (tertiary alicyclic amines) is 1. The Morgan fingerprint density at radius 2 is 1.90 bits per heavy atom. The van der Waals surface area contributed by atoms with Gasteiger partial charge in [0.1, 0.15) is 5.82 Å². The summed E-state index contributed by atoms with van der Waals surface area (Å²) in [5.41, 5.74) is 0.552. The van der Waals surface area contributed by atoms with E-state index in [9.17, 15) is 9.18 Å². The van der Waals surface area contributed by atoms with Gasteiger partial charge < -0.3 is 10.2 Å². The standard InChI is InChI=1S/C15H18BrFN2O/c16-14-7-12(17)1-2-13(14)15(20)19-5-3-10-8-18-9-11(10)4-6-19/h1-2,7,10-11,18H,3-6,8-9H2/t10-,11+. The van der Waals surface area contributed by atoms with Gasteiger partial charge in [-0.3, -0.25) is 4.79 Å². The first-order chi connectivity index (χ1) is 9.65. The van der Waals surface area contributed by atoms with Gasteiger partial charge in [0, 0.05) is 17.6 Å². The van der Waals surface area contributed by atoms with Crippen molar-refractivity contribution in [2.75, 3.05) is 26.2 Å². The summed E-state index contributed by atoms with van der Waals surface area (Å²) < 4.78 is 13.6. The number of carbonyl (C=O) groups is 1. The van der Waals surface area contributed by atoms with Crippen LogP contribution < -0.4 is 5.32 Å². The SMILES string of the molecule is O=C(c1ccc(F)cc1Br)N1CC[C@@H]2CNC[C@@H]2CC1. The highest BCUT2D eigenvalue weighted by Crippen LogP contribution is 2.28. The van der Waals surface area contributed by atoms with Gasteiger partial charge in [-0.1, -0.05) is 0 Å². The number of halogens is 2. The highest BCUT2D eigenvalue weighted by molar-refractivity contribution is 9.10. The third kappa shape index (κ3) is 2.74. The maximum atomic E-state index is 13.1. The first kappa shape index (κ1) is 14.0. The van der Waals surface area contributed by atoms with Crippen molar-refractivity contribution in [2.24, 2.45) is 11.8 Å². The molecule has 2 atom stereocenters. The second-order valence-electron chi connectivity index (χ2n) is 5.67. The summed E-state index contributed by atoms with van der Waals surface area (Å²) in [5.74, 6) is 1.07.